The molecule has 0 atom stereocenters. The number of pyridine rings is 1. The number of amides is 2. The van der Waals surface area contributed by atoms with Crippen LogP contribution in [0.15, 0.2) is 65.9 Å². The topological polar surface area (TPSA) is 116 Å². The molecule has 1 aromatic heterocycles. The number of ether oxygens (including phenoxy) is 5. The average molecular weight is 632 g/mol. The van der Waals surface area contributed by atoms with Crippen molar-refractivity contribution in [1.82, 2.24) is 15.3 Å². The van der Waals surface area contributed by atoms with Crippen molar-refractivity contribution in [2.45, 2.75) is 25.7 Å². The van der Waals surface area contributed by atoms with Gasteiger partial charge >= 0.3 is 6.03 Å². The molecule has 12 heteroatoms. The summed E-state index contributed by atoms with van der Waals surface area (Å²) in [6, 6.07) is 13.9. The van der Waals surface area contributed by atoms with Gasteiger partial charge in [0, 0.05) is 47.6 Å². The van der Waals surface area contributed by atoms with Crippen LogP contribution < -0.4 is 34.4 Å². The van der Waals surface area contributed by atoms with Crippen LogP contribution in [0.4, 0.5) is 14.9 Å². The summed E-state index contributed by atoms with van der Waals surface area (Å²) in [5.74, 6) is 1.96. The second-order valence-corrected chi connectivity index (χ2v) is 10.6. The van der Waals surface area contributed by atoms with Crippen molar-refractivity contribution in [2.24, 2.45) is 5.10 Å². The minimum Gasteiger partial charge on any atom is -0.497 e. The molecule has 1 fully saturated rings. The highest BCUT2D eigenvalue weighted by Gasteiger charge is 2.15. The summed E-state index contributed by atoms with van der Waals surface area (Å²) in [6.45, 7) is 3.87. The number of halogens is 1. The number of urea groups is 1. The Labute approximate surface area is 267 Å². The van der Waals surface area contributed by atoms with Gasteiger partial charge in [-0.25, -0.2) is 14.6 Å². The lowest BCUT2D eigenvalue weighted by Gasteiger charge is -2.26. The molecule has 242 valence electrons. The van der Waals surface area contributed by atoms with Crippen LogP contribution in [0, 0.1) is 5.82 Å². The van der Waals surface area contributed by atoms with Crippen LogP contribution in [0.3, 0.4) is 0 Å². The van der Waals surface area contributed by atoms with Crippen LogP contribution in [0.1, 0.15) is 31.2 Å². The highest BCUT2D eigenvalue weighted by molar-refractivity contribution is 5.91. The summed E-state index contributed by atoms with van der Waals surface area (Å²) in [7, 11) is 4.64. The van der Waals surface area contributed by atoms with Crippen LogP contribution in [-0.2, 0) is 0 Å². The quantitative estimate of drug-likeness (QED) is 0.0964. The standard InChI is InChI=1S/C34H38FN5O6/c1-42-25-10-8-23(31(19-25)43-2)22-37-39-34(41)38-24-9-11-30(27(35)18-24)46-29-12-13-36-28-21-33(32(44-3)20-26(28)29)45-17-7-16-40-14-5-4-6-15-40/h8-13,18-22H,4-7,14-17H2,1-3H3,(H2,38,39,41)/b37-22+. The number of carbonyl (C=O) groups excluding carboxylic acids is 1. The van der Waals surface area contributed by atoms with Crippen LogP contribution in [0.2, 0.25) is 0 Å². The first-order chi connectivity index (χ1) is 22.5. The zero-order valence-electron chi connectivity index (χ0n) is 26.2. The molecule has 1 aliphatic heterocycles. The molecule has 0 radical (unpaired) electrons. The Balaban J connectivity index is 1.20. The third-order valence-electron chi connectivity index (χ3n) is 7.53. The Kier molecular flexibility index (Phi) is 11.1. The van der Waals surface area contributed by atoms with E-state index >= 15 is 4.39 Å². The van der Waals surface area contributed by atoms with Gasteiger partial charge in [0.25, 0.3) is 0 Å². The highest BCUT2D eigenvalue weighted by Crippen LogP contribution is 2.38. The summed E-state index contributed by atoms with van der Waals surface area (Å²) in [6.07, 6.45) is 7.76. The van der Waals surface area contributed by atoms with Gasteiger partial charge in [0.15, 0.2) is 23.1 Å². The van der Waals surface area contributed by atoms with E-state index in [1.807, 2.05) is 0 Å². The molecule has 0 unspecified atom stereocenters. The molecule has 2 amide bonds. The molecule has 0 bridgehead atoms. The van der Waals surface area contributed by atoms with E-state index in [-0.39, 0.29) is 11.4 Å². The van der Waals surface area contributed by atoms with E-state index in [1.165, 1.54) is 44.7 Å². The van der Waals surface area contributed by atoms with Gasteiger partial charge in [0.2, 0.25) is 0 Å². The van der Waals surface area contributed by atoms with E-state index in [4.69, 9.17) is 23.7 Å². The molecule has 1 saturated heterocycles. The zero-order valence-corrected chi connectivity index (χ0v) is 26.2. The summed E-state index contributed by atoms with van der Waals surface area (Å²) in [5.41, 5.74) is 3.81. The van der Waals surface area contributed by atoms with Crippen molar-refractivity contribution in [3.05, 3.63) is 72.2 Å². The molecule has 11 nitrogen and oxygen atoms in total. The number of nitrogens with one attached hydrogen (secondary N) is 2. The number of rotatable bonds is 13. The van der Waals surface area contributed by atoms with Crippen LogP contribution >= 0.6 is 0 Å². The first-order valence-electron chi connectivity index (χ1n) is 15.1. The first-order valence-corrected chi connectivity index (χ1v) is 15.1. The molecule has 46 heavy (non-hydrogen) atoms. The van der Waals surface area contributed by atoms with Crippen molar-refractivity contribution in [1.29, 1.82) is 0 Å². The number of nitrogens with zero attached hydrogens (tertiary/aromatic N) is 3. The molecule has 4 aromatic rings. The van der Waals surface area contributed by atoms with Crippen molar-refractivity contribution in [3.63, 3.8) is 0 Å². The second kappa shape index (κ2) is 15.8. The summed E-state index contributed by atoms with van der Waals surface area (Å²) < 4.78 is 43.2. The Morgan fingerprint density at radius 1 is 0.913 bits per heavy atom. The Bertz CT molecular complexity index is 1680. The van der Waals surface area contributed by atoms with Crippen molar-refractivity contribution >= 4 is 28.8 Å². The fraction of sp³-hybridized carbons (Fsp3) is 0.324. The molecular weight excluding hydrogens is 593 g/mol. The maximum atomic E-state index is 15.1. The number of methoxy groups -OCH3 is 3. The van der Waals surface area contributed by atoms with Gasteiger partial charge in [-0.05, 0) is 68.8 Å². The van der Waals surface area contributed by atoms with Crippen LogP contribution in [0.5, 0.6) is 34.5 Å². The second-order valence-electron chi connectivity index (χ2n) is 10.6. The zero-order chi connectivity index (χ0) is 32.3. The predicted molar refractivity (Wildman–Crippen MR) is 174 cm³/mol. The van der Waals surface area contributed by atoms with Gasteiger partial charge in [-0.1, -0.05) is 6.42 Å². The Morgan fingerprint density at radius 3 is 2.50 bits per heavy atom. The number of hydrogen-bond donors (Lipinski definition) is 2. The number of piperidine rings is 1. The number of hydrazone groups is 1. The summed E-state index contributed by atoms with van der Waals surface area (Å²) in [4.78, 5) is 19.3. The fourth-order valence-corrected chi connectivity index (χ4v) is 5.17. The van der Waals surface area contributed by atoms with Gasteiger partial charge in [-0.15, -0.1) is 0 Å². The average Bonchev–Trinajstić information content (AvgIpc) is 3.08. The molecule has 0 saturated carbocycles. The monoisotopic (exact) mass is 631 g/mol. The normalized spacial score (nSPS) is 13.4. The van der Waals surface area contributed by atoms with Gasteiger partial charge < -0.3 is 33.9 Å². The molecule has 3 aromatic carbocycles. The molecule has 2 N–H and O–H groups in total. The van der Waals surface area contributed by atoms with Gasteiger partial charge in [-0.2, -0.15) is 5.10 Å². The van der Waals surface area contributed by atoms with Gasteiger partial charge in [0.05, 0.1) is 39.7 Å². The fourth-order valence-electron chi connectivity index (χ4n) is 5.17. The van der Waals surface area contributed by atoms with Gasteiger partial charge in [0.1, 0.15) is 17.2 Å². The number of hydrogen-bond acceptors (Lipinski definition) is 9. The minimum atomic E-state index is -0.671. The number of anilines is 1. The third kappa shape index (κ3) is 8.33. The lowest BCUT2D eigenvalue weighted by molar-refractivity contribution is 0.203. The van der Waals surface area contributed by atoms with E-state index < -0.39 is 11.8 Å². The molecule has 0 spiro atoms. The number of carbonyl (C=O) groups is 1. The predicted octanol–water partition coefficient (Wildman–Crippen LogP) is 6.60. The van der Waals surface area contributed by atoms with Crippen LogP contribution in [-0.4, -0.2) is 69.7 Å². The smallest absolute Gasteiger partial charge is 0.339 e. The molecule has 5 rings (SSSR count). The van der Waals surface area contributed by atoms with Crippen LogP contribution in [0.25, 0.3) is 10.9 Å². The number of fused-ring (bicyclic) bond motifs is 1. The van der Waals surface area contributed by atoms with Crippen molar-refractivity contribution < 1.29 is 32.9 Å². The number of likely N-dealkylation sites (tertiary alicyclic amines) is 1. The lowest BCUT2D eigenvalue weighted by Crippen LogP contribution is -2.31. The third-order valence-corrected chi connectivity index (χ3v) is 7.53. The van der Waals surface area contributed by atoms with Gasteiger partial charge in [-0.3, -0.25) is 4.98 Å². The Hall–Kier alpha value is -5.10. The largest absolute Gasteiger partial charge is 0.497 e. The Morgan fingerprint density at radius 2 is 1.74 bits per heavy atom. The summed E-state index contributed by atoms with van der Waals surface area (Å²) in [5, 5.41) is 7.11. The molecule has 0 aliphatic carbocycles. The maximum absolute atomic E-state index is 15.1. The highest BCUT2D eigenvalue weighted by atomic mass is 19.1. The molecular formula is C34H38FN5O6. The summed E-state index contributed by atoms with van der Waals surface area (Å²) >= 11 is 0. The van der Waals surface area contributed by atoms with E-state index in [1.54, 1.807) is 56.8 Å². The lowest BCUT2D eigenvalue weighted by atomic mass is 10.1. The van der Waals surface area contributed by atoms with E-state index in [0.29, 0.717) is 51.8 Å². The maximum Gasteiger partial charge on any atom is 0.339 e. The molecule has 2 heterocycles. The van der Waals surface area contributed by atoms with E-state index in [2.05, 4.69) is 25.7 Å². The number of aromatic nitrogens is 1. The first kappa shape index (κ1) is 32.3. The molecule has 1 aliphatic rings. The van der Waals surface area contributed by atoms with E-state index in [0.717, 1.165) is 32.1 Å². The van der Waals surface area contributed by atoms with Crippen molar-refractivity contribution in [3.8, 4) is 34.5 Å². The number of benzene rings is 3. The minimum absolute atomic E-state index is 0.0277. The van der Waals surface area contributed by atoms with E-state index in [9.17, 15) is 4.79 Å². The van der Waals surface area contributed by atoms with Crippen molar-refractivity contribution in [2.75, 3.05) is 52.9 Å². The SMILES string of the molecule is COc1ccc(/C=N/NC(=O)Nc2ccc(Oc3ccnc4cc(OCCCN5CCCCC5)c(OC)cc34)c(F)c2)c(OC)c1.